The van der Waals surface area contributed by atoms with Crippen molar-refractivity contribution in [2.24, 2.45) is 33.8 Å². The maximum Gasteiger partial charge on any atom is 0.294 e. The van der Waals surface area contributed by atoms with Crippen LogP contribution < -0.4 is 5.73 Å². The van der Waals surface area contributed by atoms with Gasteiger partial charge in [-0.15, -0.1) is 20.2 Å². The molecular weight excluding hydrogens is 354 g/mol. The van der Waals surface area contributed by atoms with Crippen LogP contribution in [0.5, 0.6) is 0 Å². The molecule has 0 aliphatic heterocycles. The lowest BCUT2D eigenvalue weighted by Gasteiger charge is -2.62. The summed E-state index contributed by atoms with van der Waals surface area (Å²) in [5, 5.41) is 19.9. The van der Waals surface area contributed by atoms with Gasteiger partial charge in [-0.2, -0.15) is 0 Å². The Morgan fingerprint density at radius 1 is 1.15 bits per heavy atom. The van der Waals surface area contributed by atoms with Gasteiger partial charge >= 0.3 is 0 Å². The second-order valence-electron chi connectivity index (χ2n) is 9.74. The molecule has 0 amide bonds. The molecule has 0 aromatic rings. The summed E-state index contributed by atoms with van der Waals surface area (Å²) in [4.78, 5) is 31.0. The molecule has 0 aromatic heterocycles. The Kier molecular flexibility index (Phi) is 6.23. The third kappa shape index (κ3) is 5.00. The fourth-order valence-electron chi connectivity index (χ4n) is 6.75. The van der Waals surface area contributed by atoms with Crippen LogP contribution in [0.15, 0.2) is 0 Å². The van der Waals surface area contributed by atoms with Crippen LogP contribution >= 0.6 is 0 Å². The minimum absolute atomic E-state index is 0.0548. The van der Waals surface area contributed by atoms with Gasteiger partial charge in [-0.05, 0) is 73.2 Å². The Morgan fingerprint density at radius 3 is 2.37 bits per heavy atom. The molecule has 0 saturated heterocycles. The summed E-state index contributed by atoms with van der Waals surface area (Å²) >= 11 is 0. The molecule has 2 aliphatic rings. The van der Waals surface area contributed by atoms with Crippen molar-refractivity contribution >= 4 is 0 Å². The van der Waals surface area contributed by atoms with E-state index in [1.165, 1.54) is 0 Å². The molecule has 2 rings (SSSR count). The minimum atomic E-state index is -0.972. The van der Waals surface area contributed by atoms with Gasteiger partial charge in [0.05, 0.1) is 0 Å². The Morgan fingerprint density at radius 2 is 1.81 bits per heavy atom. The van der Waals surface area contributed by atoms with Gasteiger partial charge in [-0.1, -0.05) is 27.7 Å². The van der Waals surface area contributed by atoms with E-state index in [4.69, 9.17) is 10.6 Å². The molecule has 0 aromatic carbocycles. The van der Waals surface area contributed by atoms with Gasteiger partial charge in [0.15, 0.2) is 0 Å². The lowest BCUT2D eigenvalue weighted by atomic mass is 9.43. The Bertz CT molecular complexity index is 573. The number of rotatable bonds is 9. The van der Waals surface area contributed by atoms with Crippen molar-refractivity contribution < 1.29 is 19.8 Å². The van der Waals surface area contributed by atoms with Crippen LogP contribution in [0.4, 0.5) is 0 Å². The van der Waals surface area contributed by atoms with Crippen molar-refractivity contribution in [1.29, 1.82) is 0 Å². The molecule has 2 aliphatic carbocycles. The van der Waals surface area contributed by atoms with Crippen LogP contribution in [-0.2, 0) is 9.68 Å². The SMILES string of the molecule is CC1CC2(C)CC(C)(CCN)CC(C(C)C(CO[N+](=O)[O-])O[N+](=O)[O-])(C1)C2. The highest BCUT2D eigenvalue weighted by atomic mass is 17.0. The molecule has 2 saturated carbocycles. The molecule has 2 N–H and O–H groups in total. The topological polar surface area (TPSA) is 131 Å². The zero-order valence-corrected chi connectivity index (χ0v) is 16.8. The van der Waals surface area contributed by atoms with E-state index in [-0.39, 0.29) is 22.2 Å². The van der Waals surface area contributed by atoms with Gasteiger partial charge in [-0.3, -0.25) is 0 Å². The van der Waals surface area contributed by atoms with Gasteiger partial charge in [0.25, 0.3) is 10.2 Å². The predicted molar refractivity (Wildman–Crippen MR) is 98.5 cm³/mol. The number of hydrogen-bond acceptors (Lipinski definition) is 7. The van der Waals surface area contributed by atoms with Crippen LogP contribution in [0.2, 0.25) is 0 Å². The van der Waals surface area contributed by atoms with E-state index in [1.807, 2.05) is 6.92 Å². The zero-order chi connectivity index (χ0) is 20.5. The Hall–Kier alpha value is -1.64. The summed E-state index contributed by atoms with van der Waals surface area (Å²) < 4.78 is 0. The quantitative estimate of drug-likeness (QED) is 0.474. The van der Waals surface area contributed by atoms with Crippen molar-refractivity contribution in [2.45, 2.75) is 72.3 Å². The molecule has 9 nitrogen and oxygen atoms in total. The van der Waals surface area contributed by atoms with Crippen LogP contribution in [0.1, 0.15) is 66.2 Å². The third-order valence-electron chi connectivity index (χ3n) is 6.84. The van der Waals surface area contributed by atoms with Crippen LogP contribution in [-0.4, -0.2) is 29.4 Å². The van der Waals surface area contributed by atoms with Gasteiger partial charge in [0.2, 0.25) is 0 Å². The average Bonchev–Trinajstić information content (AvgIpc) is 2.47. The smallest absolute Gasteiger partial charge is 0.294 e. The minimum Gasteiger partial charge on any atom is -0.330 e. The van der Waals surface area contributed by atoms with E-state index < -0.39 is 22.9 Å². The molecule has 0 spiro atoms. The first-order chi connectivity index (χ1) is 12.4. The summed E-state index contributed by atoms with van der Waals surface area (Å²) in [5.41, 5.74) is 5.89. The van der Waals surface area contributed by atoms with Crippen molar-refractivity contribution in [2.75, 3.05) is 13.2 Å². The van der Waals surface area contributed by atoms with Crippen LogP contribution in [0, 0.1) is 48.3 Å². The van der Waals surface area contributed by atoms with E-state index >= 15 is 0 Å². The molecule has 2 fully saturated rings. The summed E-state index contributed by atoms with van der Waals surface area (Å²) in [6, 6.07) is 0. The highest BCUT2D eigenvalue weighted by molar-refractivity contribution is 5.07. The molecular formula is C18H33N3O6. The fourth-order valence-corrected chi connectivity index (χ4v) is 6.75. The molecule has 9 heteroatoms. The Balaban J connectivity index is 2.35. The molecule has 156 valence electrons. The standard InChI is InChI=1S/C18H33N3O6/c1-13-7-17(4)10-16(3,5-6-19)11-18(8-13,12-17)14(2)15(27-21(24)25)9-26-20(22)23/h13-15H,5-12,19H2,1-4H3. The van der Waals surface area contributed by atoms with Crippen molar-refractivity contribution in [3.63, 3.8) is 0 Å². The first-order valence-electron chi connectivity index (χ1n) is 9.71. The maximum atomic E-state index is 11.0. The molecule has 6 unspecified atom stereocenters. The monoisotopic (exact) mass is 387 g/mol. The Labute approximate surface area is 160 Å². The van der Waals surface area contributed by atoms with Crippen LogP contribution in [0.3, 0.4) is 0 Å². The number of hydrogen-bond donors (Lipinski definition) is 1. The molecule has 2 bridgehead atoms. The van der Waals surface area contributed by atoms with Gasteiger partial charge in [0, 0.05) is 0 Å². The van der Waals surface area contributed by atoms with Gasteiger partial charge < -0.3 is 15.4 Å². The van der Waals surface area contributed by atoms with E-state index in [2.05, 4.69) is 25.6 Å². The average molecular weight is 387 g/mol. The van der Waals surface area contributed by atoms with Gasteiger partial charge in [-0.25, -0.2) is 0 Å². The molecule has 27 heavy (non-hydrogen) atoms. The zero-order valence-electron chi connectivity index (χ0n) is 16.8. The van der Waals surface area contributed by atoms with E-state index in [0.29, 0.717) is 12.5 Å². The lowest BCUT2D eigenvalue weighted by Crippen LogP contribution is -2.54. The van der Waals surface area contributed by atoms with Crippen molar-refractivity contribution in [3.8, 4) is 0 Å². The van der Waals surface area contributed by atoms with E-state index in [9.17, 15) is 20.2 Å². The summed E-state index contributed by atoms with van der Waals surface area (Å²) in [5.74, 6) is 0.239. The van der Waals surface area contributed by atoms with E-state index in [0.717, 1.165) is 38.5 Å². The summed E-state index contributed by atoms with van der Waals surface area (Å²) in [6.07, 6.45) is 4.91. The first-order valence-corrected chi connectivity index (χ1v) is 9.71. The van der Waals surface area contributed by atoms with Crippen molar-refractivity contribution in [1.82, 2.24) is 0 Å². The third-order valence-corrected chi connectivity index (χ3v) is 6.84. The fraction of sp³-hybridized carbons (Fsp3) is 1.00. The van der Waals surface area contributed by atoms with Crippen LogP contribution in [0.25, 0.3) is 0 Å². The number of nitrogens with zero attached hydrogens (tertiary/aromatic N) is 2. The predicted octanol–water partition coefficient (Wildman–Crippen LogP) is 3.37. The molecule has 0 radical (unpaired) electrons. The highest BCUT2D eigenvalue weighted by Gasteiger charge is 2.57. The summed E-state index contributed by atoms with van der Waals surface area (Å²) in [7, 11) is 0. The molecule has 6 atom stereocenters. The van der Waals surface area contributed by atoms with Crippen molar-refractivity contribution in [3.05, 3.63) is 20.2 Å². The van der Waals surface area contributed by atoms with E-state index in [1.54, 1.807) is 0 Å². The second-order valence-corrected chi connectivity index (χ2v) is 9.74. The van der Waals surface area contributed by atoms with Gasteiger partial charge in [0.1, 0.15) is 12.7 Å². The first kappa shape index (κ1) is 21.7. The second kappa shape index (κ2) is 7.77. The number of nitrogens with two attached hydrogens (primary N) is 1. The largest absolute Gasteiger partial charge is 0.330 e. The maximum absolute atomic E-state index is 11.0. The summed E-state index contributed by atoms with van der Waals surface area (Å²) in [6.45, 7) is 8.87. The normalized spacial score (nSPS) is 37.9. The molecule has 0 heterocycles. The number of fused-ring (bicyclic) bond motifs is 2. The lowest BCUT2D eigenvalue weighted by molar-refractivity contribution is -0.792. The highest BCUT2D eigenvalue weighted by Crippen LogP contribution is 2.66.